The van der Waals surface area contributed by atoms with E-state index in [1.807, 2.05) is 19.3 Å². The number of morpholine rings is 1. The van der Waals surface area contributed by atoms with Gasteiger partial charge in [-0.25, -0.2) is 4.98 Å². The van der Waals surface area contributed by atoms with E-state index in [1.54, 1.807) is 6.07 Å². The van der Waals surface area contributed by atoms with E-state index < -0.39 is 4.92 Å². The normalized spacial score (nSPS) is 18.7. The lowest BCUT2D eigenvalue weighted by molar-refractivity contribution is -0.384. The van der Waals surface area contributed by atoms with E-state index in [-0.39, 0.29) is 11.7 Å². The fraction of sp³-hybridized carbons (Fsp3) is 0.353. The minimum absolute atomic E-state index is 0.0143. The molecular weight excluding hydrogens is 324 g/mol. The van der Waals surface area contributed by atoms with Crippen molar-refractivity contribution >= 4 is 16.8 Å². The molecule has 130 valence electrons. The Kier molecular flexibility index (Phi) is 3.98. The molecule has 1 fully saturated rings. The second-order valence-corrected chi connectivity index (χ2v) is 6.12. The Bertz CT molecular complexity index is 916. The van der Waals surface area contributed by atoms with Gasteiger partial charge in [0.1, 0.15) is 5.52 Å². The summed E-state index contributed by atoms with van der Waals surface area (Å²) < 4.78 is 13.5. The van der Waals surface area contributed by atoms with Gasteiger partial charge in [-0.3, -0.25) is 15.0 Å². The summed E-state index contributed by atoms with van der Waals surface area (Å²) in [5, 5.41) is 10.9. The molecule has 1 atom stereocenters. The first kappa shape index (κ1) is 15.8. The third kappa shape index (κ3) is 3.01. The van der Waals surface area contributed by atoms with Gasteiger partial charge < -0.3 is 13.7 Å². The van der Waals surface area contributed by atoms with E-state index >= 15 is 0 Å². The molecule has 0 N–H and O–H groups in total. The first-order valence-corrected chi connectivity index (χ1v) is 8.09. The van der Waals surface area contributed by atoms with Gasteiger partial charge in [0.05, 0.1) is 30.7 Å². The molecule has 0 amide bonds. The van der Waals surface area contributed by atoms with E-state index in [1.165, 1.54) is 17.8 Å². The molecule has 0 aliphatic carbocycles. The summed E-state index contributed by atoms with van der Waals surface area (Å²) in [6.07, 6.45) is 2.01. The maximum atomic E-state index is 10.9. The molecule has 0 saturated carbocycles. The van der Waals surface area contributed by atoms with Crippen molar-refractivity contribution < 1.29 is 14.1 Å². The van der Waals surface area contributed by atoms with Gasteiger partial charge in [0.2, 0.25) is 5.89 Å². The quantitative estimate of drug-likeness (QED) is 0.535. The van der Waals surface area contributed by atoms with Crippen LogP contribution in [0.25, 0.3) is 11.1 Å². The van der Waals surface area contributed by atoms with Crippen LogP contribution in [0.1, 0.15) is 17.6 Å². The lowest BCUT2D eigenvalue weighted by Gasteiger charge is -2.34. The Morgan fingerprint density at radius 1 is 1.40 bits per heavy atom. The summed E-state index contributed by atoms with van der Waals surface area (Å²) in [7, 11) is 2.01. The van der Waals surface area contributed by atoms with Gasteiger partial charge in [0.25, 0.3) is 5.69 Å². The third-order valence-corrected chi connectivity index (χ3v) is 4.53. The van der Waals surface area contributed by atoms with Crippen LogP contribution < -0.4 is 0 Å². The summed E-state index contributed by atoms with van der Waals surface area (Å²) in [5.41, 5.74) is 2.25. The smallest absolute Gasteiger partial charge is 0.271 e. The summed E-state index contributed by atoms with van der Waals surface area (Å²) in [4.78, 5) is 17.2. The Hall–Kier alpha value is -2.71. The van der Waals surface area contributed by atoms with Crippen molar-refractivity contribution in [2.24, 2.45) is 7.05 Å². The number of nitro groups is 1. The number of benzene rings is 1. The molecule has 8 heteroatoms. The van der Waals surface area contributed by atoms with E-state index in [4.69, 9.17) is 9.15 Å². The van der Waals surface area contributed by atoms with Crippen LogP contribution in [0.2, 0.25) is 0 Å². The molecule has 0 radical (unpaired) electrons. The maximum absolute atomic E-state index is 10.9. The zero-order chi connectivity index (χ0) is 17.4. The first-order valence-electron chi connectivity index (χ1n) is 8.09. The van der Waals surface area contributed by atoms with Gasteiger partial charge in [-0.15, -0.1) is 0 Å². The molecule has 1 saturated heterocycles. The largest absolute Gasteiger partial charge is 0.439 e. The van der Waals surface area contributed by atoms with Crippen molar-refractivity contribution in [3.8, 4) is 0 Å². The molecule has 1 unspecified atom stereocenters. The van der Waals surface area contributed by atoms with Gasteiger partial charge >= 0.3 is 0 Å². The minimum Gasteiger partial charge on any atom is -0.439 e. The van der Waals surface area contributed by atoms with Crippen molar-refractivity contribution in [2.75, 3.05) is 19.8 Å². The van der Waals surface area contributed by atoms with Gasteiger partial charge in [0.15, 0.2) is 5.58 Å². The van der Waals surface area contributed by atoms with Gasteiger partial charge in [-0.05, 0) is 18.2 Å². The predicted octanol–water partition coefficient (Wildman–Crippen LogP) is 2.65. The van der Waals surface area contributed by atoms with Crippen molar-refractivity contribution in [2.45, 2.75) is 12.6 Å². The van der Waals surface area contributed by atoms with Crippen LogP contribution in [0.3, 0.4) is 0 Å². The van der Waals surface area contributed by atoms with Crippen LogP contribution >= 0.6 is 0 Å². The Morgan fingerprint density at radius 2 is 2.28 bits per heavy atom. The van der Waals surface area contributed by atoms with Crippen LogP contribution in [0, 0.1) is 10.1 Å². The Balaban J connectivity index is 1.60. The number of fused-ring (bicyclic) bond motifs is 1. The summed E-state index contributed by atoms with van der Waals surface area (Å²) >= 11 is 0. The number of oxazole rings is 1. The Labute approximate surface area is 143 Å². The SMILES string of the molecule is Cn1cccc1C1COCCN1Cc1nc2cc([N+](=O)[O-])ccc2o1. The summed E-state index contributed by atoms with van der Waals surface area (Å²) in [5.74, 6) is 0.552. The molecule has 1 aliphatic heterocycles. The number of aromatic nitrogens is 2. The lowest BCUT2D eigenvalue weighted by Crippen LogP contribution is -2.39. The van der Waals surface area contributed by atoms with E-state index in [9.17, 15) is 10.1 Å². The Morgan fingerprint density at radius 3 is 3.04 bits per heavy atom. The number of rotatable bonds is 4. The van der Waals surface area contributed by atoms with Crippen LogP contribution in [-0.4, -0.2) is 39.1 Å². The van der Waals surface area contributed by atoms with Crippen molar-refractivity contribution in [1.82, 2.24) is 14.5 Å². The van der Waals surface area contributed by atoms with Crippen molar-refractivity contribution in [3.05, 3.63) is 58.2 Å². The fourth-order valence-corrected chi connectivity index (χ4v) is 3.24. The van der Waals surface area contributed by atoms with E-state index in [0.717, 1.165) is 6.54 Å². The zero-order valence-electron chi connectivity index (χ0n) is 13.8. The molecule has 3 heterocycles. The first-order chi connectivity index (χ1) is 12.1. The molecule has 0 spiro atoms. The average Bonchev–Trinajstić information content (AvgIpc) is 3.20. The van der Waals surface area contributed by atoms with E-state index in [0.29, 0.717) is 36.7 Å². The molecule has 0 bridgehead atoms. The summed E-state index contributed by atoms with van der Waals surface area (Å²) in [6, 6.07) is 8.69. The highest BCUT2D eigenvalue weighted by molar-refractivity contribution is 5.75. The molecular formula is C17H18N4O4. The number of hydrogen-bond acceptors (Lipinski definition) is 6. The lowest BCUT2D eigenvalue weighted by atomic mass is 10.1. The highest BCUT2D eigenvalue weighted by atomic mass is 16.6. The standard InChI is InChI=1S/C17H18N4O4/c1-19-6-2-3-14(19)15-11-24-8-7-20(15)10-17-18-13-9-12(21(22)23)4-5-16(13)25-17/h2-6,9,15H,7-8,10-11H2,1H3. The molecule has 8 nitrogen and oxygen atoms in total. The molecule has 25 heavy (non-hydrogen) atoms. The number of ether oxygens (including phenoxy) is 1. The number of aryl methyl sites for hydroxylation is 1. The van der Waals surface area contributed by atoms with Crippen LogP contribution in [0.15, 0.2) is 40.9 Å². The third-order valence-electron chi connectivity index (χ3n) is 4.53. The van der Waals surface area contributed by atoms with Crippen LogP contribution in [0.4, 0.5) is 5.69 Å². The summed E-state index contributed by atoms with van der Waals surface area (Å²) in [6.45, 7) is 2.58. The predicted molar refractivity (Wildman–Crippen MR) is 90.0 cm³/mol. The molecule has 2 aromatic heterocycles. The number of nitrogens with zero attached hydrogens (tertiary/aromatic N) is 4. The fourth-order valence-electron chi connectivity index (χ4n) is 3.24. The van der Waals surface area contributed by atoms with Gasteiger partial charge in [0, 0.05) is 37.6 Å². The topological polar surface area (TPSA) is 86.6 Å². The van der Waals surface area contributed by atoms with Crippen molar-refractivity contribution in [1.29, 1.82) is 0 Å². The van der Waals surface area contributed by atoms with E-state index in [2.05, 4.69) is 20.5 Å². The highest BCUT2D eigenvalue weighted by Crippen LogP contribution is 2.27. The van der Waals surface area contributed by atoms with Crippen molar-refractivity contribution in [3.63, 3.8) is 0 Å². The second kappa shape index (κ2) is 6.30. The van der Waals surface area contributed by atoms with Crippen LogP contribution in [0.5, 0.6) is 0 Å². The monoisotopic (exact) mass is 342 g/mol. The average molecular weight is 342 g/mol. The molecule has 4 rings (SSSR count). The second-order valence-electron chi connectivity index (χ2n) is 6.12. The van der Waals surface area contributed by atoms with Gasteiger partial charge in [-0.2, -0.15) is 0 Å². The van der Waals surface area contributed by atoms with Crippen LogP contribution in [-0.2, 0) is 18.3 Å². The maximum Gasteiger partial charge on any atom is 0.271 e. The number of non-ortho nitro benzene ring substituents is 1. The molecule has 1 aliphatic rings. The minimum atomic E-state index is -0.429. The van der Waals surface area contributed by atoms with Gasteiger partial charge in [-0.1, -0.05) is 0 Å². The number of hydrogen-bond donors (Lipinski definition) is 0. The molecule has 3 aromatic rings. The highest BCUT2D eigenvalue weighted by Gasteiger charge is 2.27. The molecule has 1 aromatic carbocycles. The zero-order valence-corrected chi connectivity index (χ0v) is 13.8. The number of nitro benzene ring substituents is 1.